The number of rotatable bonds is 5. The molecule has 3 aliphatic heterocycles. The maximum Gasteiger partial charge on any atom is 0.332 e. The Morgan fingerprint density at radius 2 is 1.91 bits per heavy atom. The first-order chi connectivity index (χ1) is 15.8. The summed E-state index contributed by atoms with van der Waals surface area (Å²) < 4.78 is 15.4. The number of carbonyl (C=O) groups excluding carboxylic acids is 2. The Kier molecular flexibility index (Phi) is 5.51. The predicted octanol–water partition coefficient (Wildman–Crippen LogP) is 3.34. The van der Waals surface area contributed by atoms with Crippen LogP contribution in [0.15, 0.2) is 52.8 Å². The number of halogens is 1. The van der Waals surface area contributed by atoms with E-state index in [0.717, 1.165) is 35.5 Å². The summed E-state index contributed by atoms with van der Waals surface area (Å²) in [7, 11) is 0. The quantitative estimate of drug-likeness (QED) is 0.648. The maximum absolute atomic E-state index is 13.4. The monoisotopic (exact) mass is 449 g/mol. The van der Waals surface area contributed by atoms with Crippen molar-refractivity contribution < 1.29 is 18.6 Å². The van der Waals surface area contributed by atoms with E-state index in [2.05, 4.69) is 19.9 Å². The number of hydrogen-bond acceptors (Lipinski definition) is 3. The summed E-state index contributed by atoms with van der Waals surface area (Å²) in [6.45, 7) is 7.80. The van der Waals surface area contributed by atoms with Gasteiger partial charge in [-0.05, 0) is 66.9 Å². The minimum absolute atomic E-state index is 0.00382. The van der Waals surface area contributed by atoms with Gasteiger partial charge in [0.25, 0.3) is 5.70 Å². The predicted molar refractivity (Wildman–Crippen MR) is 124 cm³/mol. The molecule has 0 N–H and O–H groups in total. The summed E-state index contributed by atoms with van der Waals surface area (Å²) in [4.78, 5) is 34.4. The van der Waals surface area contributed by atoms with Gasteiger partial charge in [-0.3, -0.25) is 9.59 Å². The molecule has 2 fully saturated rings. The van der Waals surface area contributed by atoms with Crippen LogP contribution in [0.3, 0.4) is 0 Å². The Hall–Kier alpha value is -3.09. The van der Waals surface area contributed by atoms with Crippen LogP contribution in [0.2, 0.25) is 0 Å². The molecule has 1 unspecified atom stereocenters. The summed E-state index contributed by atoms with van der Waals surface area (Å²) in [5.41, 5.74) is 3.23. The topological polar surface area (TPSA) is 56.0 Å². The third-order valence-electron chi connectivity index (χ3n) is 6.89. The second kappa shape index (κ2) is 8.36. The van der Waals surface area contributed by atoms with Gasteiger partial charge >= 0.3 is 11.7 Å². The van der Waals surface area contributed by atoms with E-state index in [1.54, 1.807) is 23.2 Å². The lowest BCUT2D eigenvalue weighted by Crippen LogP contribution is -2.55. The number of piperazine rings is 1. The maximum atomic E-state index is 13.4. The highest BCUT2D eigenvalue weighted by molar-refractivity contribution is 6.18. The van der Waals surface area contributed by atoms with Crippen LogP contribution < -0.4 is 0 Å². The standard InChI is InChI=1S/C26H30FN4O2/c1-16(2)21-13-23(19-6-8-20(27)9-7-19)31-15-22(28-25(21)31)26(33)29-10-11-30(17(3)14-29)24(32)12-18-4-5-18/h6-9,13,15-18H,4-5,10-12,14H2,1-3H3/q+1. The number of fused-ring (bicyclic) bond motifs is 1. The molecule has 1 saturated carbocycles. The minimum atomic E-state index is -0.281. The van der Waals surface area contributed by atoms with Gasteiger partial charge < -0.3 is 9.80 Å². The number of nitrogens with zero attached hydrogens (tertiary/aromatic N) is 4. The summed E-state index contributed by atoms with van der Waals surface area (Å²) in [6.07, 6.45) is 6.82. The number of carbonyl (C=O) groups is 2. The minimum Gasteiger partial charge on any atom is -0.336 e. The molecule has 7 heteroatoms. The Bertz CT molecular complexity index is 1130. The SMILES string of the molecule is CC(C)C1=CC(c2ccc(F)cc2)=[N+]2C=C(C(=O)N3CCN(C(=O)CC4CC4)C(C)C3)N=C12. The molecule has 0 radical (unpaired) electrons. The molecule has 0 spiro atoms. The van der Waals surface area contributed by atoms with Gasteiger partial charge in [-0.2, -0.15) is 4.58 Å². The van der Waals surface area contributed by atoms with Crippen LogP contribution in [0.4, 0.5) is 4.39 Å². The number of aliphatic imine (C=N–C) groups is 1. The highest BCUT2D eigenvalue weighted by Crippen LogP contribution is 2.33. The number of amides is 2. The first-order valence-electron chi connectivity index (χ1n) is 11.8. The molecule has 1 aromatic rings. The first-order valence-corrected chi connectivity index (χ1v) is 11.8. The average Bonchev–Trinajstić information content (AvgIpc) is 3.37. The van der Waals surface area contributed by atoms with Gasteiger partial charge in [0.15, 0.2) is 6.20 Å². The third-order valence-corrected chi connectivity index (χ3v) is 6.89. The van der Waals surface area contributed by atoms with E-state index in [-0.39, 0.29) is 29.6 Å². The fraction of sp³-hybridized carbons (Fsp3) is 0.462. The van der Waals surface area contributed by atoms with Crippen molar-refractivity contribution >= 4 is 23.4 Å². The molecule has 3 heterocycles. The van der Waals surface area contributed by atoms with Crippen molar-refractivity contribution in [3.05, 3.63) is 59.2 Å². The molecule has 1 atom stereocenters. The zero-order valence-electron chi connectivity index (χ0n) is 19.4. The molecule has 172 valence electrons. The van der Waals surface area contributed by atoms with Crippen molar-refractivity contribution in [2.45, 2.75) is 46.1 Å². The summed E-state index contributed by atoms with van der Waals surface area (Å²) in [6, 6.07) is 6.37. The normalized spacial score (nSPS) is 22.5. The van der Waals surface area contributed by atoms with Crippen LogP contribution in [0, 0.1) is 17.7 Å². The van der Waals surface area contributed by atoms with Crippen LogP contribution in [0.1, 0.15) is 45.6 Å². The van der Waals surface area contributed by atoms with Crippen LogP contribution in [-0.2, 0) is 9.59 Å². The van der Waals surface area contributed by atoms with Gasteiger partial charge in [-0.1, -0.05) is 13.8 Å². The van der Waals surface area contributed by atoms with Gasteiger partial charge in [-0.15, -0.1) is 0 Å². The number of hydrogen-bond donors (Lipinski definition) is 0. The van der Waals surface area contributed by atoms with Crippen molar-refractivity contribution in [1.82, 2.24) is 9.80 Å². The van der Waals surface area contributed by atoms with E-state index in [0.29, 0.717) is 37.7 Å². The highest BCUT2D eigenvalue weighted by Gasteiger charge is 2.41. The molecule has 2 amide bonds. The Morgan fingerprint density at radius 3 is 2.55 bits per heavy atom. The molecular weight excluding hydrogens is 419 g/mol. The van der Waals surface area contributed by atoms with E-state index in [1.165, 1.54) is 12.1 Å². The van der Waals surface area contributed by atoms with Crippen LogP contribution in [0.25, 0.3) is 0 Å². The van der Waals surface area contributed by atoms with Gasteiger partial charge in [-0.25, -0.2) is 4.39 Å². The molecular formula is C26H30FN4O2+. The smallest absolute Gasteiger partial charge is 0.332 e. The Labute approximate surface area is 193 Å². The van der Waals surface area contributed by atoms with E-state index < -0.39 is 0 Å². The van der Waals surface area contributed by atoms with Crippen molar-refractivity contribution in [2.24, 2.45) is 16.8 Å². The summed E-state index contributed by atoms with van der Waals surface area (Å²) in [5.74, 6) is 1.37. The first kappa shape index (κ1) is 21.7. The largest absolute Gasteiger partial charge is 0.336 e. The number of allylic oxidation sites excluding steroid dienone is 1. The molecule has 0 aromatic heterocycles. The van der Waals surface area contributed by atoms with Gasteiger partial charge in [0.05, 0.1) is 5.57 Å². The number of amidine groups is 1. The Morgan fingerprint density at radius 1 is 1.18 bits per heavy atom. The van der Waals surface area contributed by atoms with Gasteiger partial charge in [0.1, 0.15) is 11.5 Å². The van der Waals surface area contributed by atoms with Crippen LogP contribution in [0.5, 0.6) is 0 Å². The van der Waals surface area contributed by atoms with E-state index in [1.807, 2.05) is 16.4 Å². The molecule has 1 saturated heterocycles. The summed E-state index contributed by atoms with van der Waals surface area (Å²) >= 11 is 0. The third kappa shape index (κ3) is 4.16. The van der Waals surface area contributed by atoms with Crippen molar-refractivity contribution in [3.8, 4) is 0 Å². The van der Waals surface area contributed by atoms with E-state index in [4.69, 9.17) is 4.99 Å². The average molecular weight is 450 g/mol. The lowest BCUT2D eigenvalue weighted by molar-refractivity contribution is -0.315. The lowest BCUT2D eigenvalue weighted by atomic mass is 10.0. The summed E-state index contributed by atoms with van der Waals surface area (Å²) in [5, 5.41) is 0. The van der Waals surface area contributed by atoms with E-state index >= 15 is 0 Å². The second-order valence-corrected chi connectivity index (χ2v) is 9.80. The molecule has 4 aliphatic rings. The lowest BCUT2D eigenvalue weighted by Gasteiger charge is -2.39. The molecule has 5 rings (SSSR count). The van der Waals surface area contributed by atoms with Crippen molar-refractivity contribution in [2.75, 3.05) is 19.6 Å². The van der Waals surface area contributed by atoms with E-state index in [9.17, 15) is 14.0 Å². The molecule has 6 nitrogen and oxygen atoms in total. The number of benzene rings is 1. The molecule has 0 bridgehead atoms. The van der Waals surface area contributed by atoms with Crippen LogP contribution in [-0.4, -0.2) is 63.4 Å². The molecule has 33 heavy (non-hydrogen) atoms. The van der Waals surface area contributed by atoms with Crippen molar-refractivity contribution in [1.29, 1.82) is 0 Å². The Balaban J connectivity index is 1.36. The van der Waals surface area contributed by atoms with Crippen LogP contribution >= 0.6 is 0 Å². The van der Waals surface area contributed by atoms with Gasteiger partial charge in [0, 0.05) is 37.7 Å². The second-order valence-electron chi connectivity index (χ2n) is 9.80. The molecule has 1 aliphatic carbocycles. The molecule has 1 aromatic carbocycles. The highest BCUT2D eigenvalue weighted by atomic mass is 19.1. The zero-order valence-corrected chi connectivity index (χ0v) is 19.4. The van der Waals surface area contributed by atoms with Gasteiger partial charge in [0.2, 0.25) is 5.91 Å². The fourth-order valence-corrected chi connectivity index (χ4v) is 4.78. The zero-order chi connectivity index (χ0) is 23.3. The fourth-order valence-electron chi connectivity index (χ4n) is 4.78. The van der Waals surface area contributed by atoms with Crippen molar-refractivity contribution in [3.63, 3.8) is 0 Å².